The molecular formula is C38H42Cl2F2N4O7S2. The van der Waals surface area contributed by atoms with Gasteiger partial charge in [0.2, 0.25) is 20.0 Å². The summed E-state index contributed by atoms with van der Waals surface area (Å²) in [6.45, 7) is 2.50. The van der Waals surface area contributed by atoms with Crippen LogP contribution in [-0.4, -0.2) is 56.0 Å². The Kier molecular flexibility index (Phi) is 13.8. The van der Waals surface area contributed by atoms with Crippen molar-refractivity contribution in [1.29, 1.82) is 0 Å². The van der Waals surface area contributed by atoms with Gasteiger partial charge < -0.3 is 15.8 Å². The normalized spacial score (nSPS) is 17.4. The van der Waals surface area contributed by atoms with Crippen LogP contribution in [0.2, 0.25) is 10.0 Å². The van der Waals surface area contributed by atoms with Crippen molar-refractivity contribution in [3.63, 3.8) is 0 Å². The number of halogens is 4. The molecule has 2 saturated carbocycles. The second-order valence-electron chi connectivity index (χ2n) is 12.6. The number of nitrogens with one attached hydrogen (secondary N) is 1. The molecule has 2 aliphatic heterocycles. The molecule has 4 aliphatic rings. The van der Waals surface area contributed by atoms with Gasteiger partial charge in [0, 0.05) is 53.2 Å². The van der Waals surface area contributed by atoms with Crippen molar-refractivity contribution in [2.24, 2.45) is 0 Å². The van der Waals surface area contributed by atoms with Crippen LogP contribution in [-0.2, 0) is 37.9 Å². The van der Waals surface area contributed by atoms with Crippen molar-refractivity contribution in [3.8, 4) is 0 Å². The number of carbonyl (C=O) groups is 2. The van der Waals surface area contributed by atoms with Gasteiger partial charge in [0.05, 0.1) is 32.0 Å². The van der Waals surface area contributed by atoms with E-state index < -0.39 is 43.6 Å². The lowest BCUT2D eigenvalue weighted by atomic mass is 10.1. The fourth-order valence-corrected chi connectivity index (χ4v) is 10.1. The van der Waals surface area contributed by atoms with E-state index in [-0.39, 0.29) is 66.5 Å². The molecule has 0 bridgehead atoms. The molecule has 0 radical (unpaired) electrons. The zero-order valence-electron chi connectivity index (χ0n) is 28.2. The molecule has 0 unspecified atom stereocenters. The summed E-state index contributed by atoms with van der Waals surface area (Å²) in [5, 5.41) is 2.61. The lowest BCUT2D eigenvalue weighted by molar-refractivity contribution is 0.0524. The topological polar surface area (TPSA) is 156 Å². The third-order valence-corrected chi connectivity index (χ3v) is 13.4. The number of rotatable bonds is 6. The summed E-state index contributed by atoms with van der Waals surface area (Å²) in [6.07, 6.45) is 3.51. The monoisotopic (exact) mass is 838 g/mol. The Balaban J connectivity index is 0.000000199. The number of benzene rings is 4. The molecule has 8 rings (SSSR count). The van der Waals surface area contributed by atoms with Crippen molar-refractivity contribution < 1.29 is 39.9 Å². The van der Waals surface area contributed by atoms with Crippen molar-refractivity contribution in [1.82, 2.24) is 8.61 Å². The van der Waals surface area contributed by atoms with E-state index in [9.17, 15) is 35.2 Å². The number of nitrogens with zero attached hydrogens (tertiary/aromatic N) is 2. The SMILES string of the molecule is C.C.CCOC(=O)c1cccc2c1CN(C1CC1)S2(=O)=O.Nc1ccc(F)c(Cl)c1.O=C(Nc1ccc(F)c(Cl)c1)c1cccc2c1CN(C1CC1)S2(=O)=O. The Labute approximate surface area is 330 Å². The van der Waals surface area contributed by atoms with Crippen LogP contribution in [0.4, 0.5) is 20.2 Å². The number of amides is 1. The molecule has 0 saturated heterocycles. The van der Waals surface area contributed by atoms with Crippen molar-refractivity contribution >= 4 is 66.5 Å². The molecule has 4 aromatic carbocycles. The van der Waals surface area contributed by atoms with Crippen LogP contribution in [0.5, 0.6) is 0 Å². The Bertz CT molecular complexity index is 2320. The standard InChI is InChI=1S/C17H14ClFN2O3S.C13H15NO4S.C6H5ClFN.2CH4/c18-14-8-10(4-7-15(14)19)20-17(22)12-2-1-3-16-13(12)9-21(11-5-6-11)25(16,23)24;1-2-18-13(15)10-4-3-5-12-11(10)8-14(9-6-7-9)19(12,16)17;7-5-3-4(9)1-2-6(5)8;;/h1-4,7-8,11H,5-6,9H2,(H,20,22);3-5,9H,2,6-8H2,1H3;1-3H,9H2;2*1H4. The van der Waals surface area contributed by atoms with Crippen molar-refractivity contribution in [2.45, 2.75) is 82.4 Å². The average molecular weight is 840 g/mol. The van der Waals surface area contributed by atoms with E-state index in [1.807, 2.05) is 0 Å². The van der Waals surface area contributed by atoms with E-state index in [1.54, 1.807) is 37.3 Å². The van der Waals surface area contributed by atoms with E-state index in [4.69, 9.17) is 33.7 Å². The number of ether oxygens (including phenoxy) is 1. The van der Waals surface area contributed by atoms with Crippen LogP contribution in [0.1, 0.15) is 79.3 Å². The molecule has 55 heavy (non-hydrogen) atoms. The Hall–Kier alpha value is -4.12. The molecule has 4 aromatic rings. The minimum atomic E-state index is -3.54. The minimum Gasteiger partial charge on any atom is -0.462 e. The number of carbonyl (C=O) groups excluding carboxylic acids is 2. The second kappa shape index (κ2) is 17.3. The molecule has 1 amide bonds. The molecule has 0 atom stereocenters. The predicted octanol–water partition coefficient (Wildman–Crippen LogP) is 8.26. The molecule has 2 heterocycles. The van der Waals surface area contributed by atoms with E-state index >= 15 is 0 Å². The molecular weight excluding hydrogens is 797 g/mol. The quantitative estimate of drug-likeness (QED) is 0.145. The third-order valence-electron chi connectivity index (χ3n) is 8.84. The Morgan fingerprint density at radius 1 is 0.764 bits per heavy atom. The molecule has 17 heteroatoms. The fraction of sp³-hybridized carbons (Fsp3) is 0.316. The van der Waals surface area contributed by atoms with Crippen LogP contribution in [0.3, 0.4) is 0 Å². The summed E-state index contributed by atoms with van der Waals surface area (Å²) in [5.74, 6) is -1.92. The molecule has 0 spiro atoms. The first-order chi connectivity index (χ1) is 25.1. The molecule has 2 aliphatic carbocycles. The highest BCUT2D eigenvalue weighted by Gasteiger charge is 2.46. The largest absolute Gasteiger partial charge is 0.462 e. The van der Waals surface area contributed by atoms with Crippen molar-refractivity contribution in [3.05, 3.63) is 117 Å². The van der Waals surface area contributed by atoms with Crippen molar-refractivity contribution in [2.75, 3.05) is 17.7 Å². The number of anilines is 2. The highest BCUT2D eigenvalue weighted by atomic mass is 35.5. The Morgan fingerprint density at radius 2 is 1.24 bits per heavy atom. The van der Waals surface area contributed by atoms with Gasteiger partial charge in [-0.1, -0.05) is 50.2 Å². The minimum absolute atomic E-state index is 0. The van der Waals surface area contributed by atoms with E-state index in [1.165, 1.54) is 45.0 Å². The fourth-order valence-electron chi connectivity index (χ4n) is 5.95. The van der Waals surface area contributed by atoms with Gasteiger partial charge in [0.15, 0.2) is 0 Å². The summed E-state index contributed by atoms with van der Waals surface area (Å²) < 4.78 is 83.5. The number of hydrogen-bond donors (Lipinski definition) is 2. The lowest BCUT2D eigenvalue weighted by Gasteiger charge is -2.12. The number of nitrogen functional groups attached to an aromatic ring is 1. The first kappa shape index (κ1) is 43.6. The number of fused-ring (bicyclic) bond motifs is 2. The zero-order chi connectivity index (χ0) is 38.2. The van der Waals surface area contributed by atoms with E-state index in [2.05, 4.69) is 5.32 Å². The summed E-state index contributed by atoms with van der Waals surface area (Å²) in [7, 11) is -6.97. The first-order valence-corrected chi connectivity index (χ1v) is 20.2. The van der Waals surface area contributed by atoms with Gasteiger partial charge in [-0.05, 0) is 93.3 Å². The third kappa shape index (κ3) is 9.30. The first-order valence-electron chi connectivity index (χ1n) is 16.5. The lowest BCUT2D eigenvalue weighted by Crippen LogP contribution is -2.26. The van der Waals surface area contributed by atoms with Crippen LogP contribution < -0.4 is 11.1 Å². The molecule has 2 fully saturated rings. The number of esters is 1. The van der Waals surface area contributed by atoms with Crippen LogP contribution in [0, 0.1) is 11.6 Å². The number of hydrogen-bond acceptors (Lipinski definition) is 8. The van der Waals surface area contributed by atoms with Crippen LogP contribution >= 0.6 is 23.2 Å². The second-order valence-corrected chi connectivity index (χ2v) is 17.1. The molecule has 11 nitrogen and oxygen atoms in total. The highest BCUT2D eigenvalue weighted by Crippen LogP contribution is 2.42. The average Bonchev–Trinajstić information content (AvgIpc) is 4.06. The smallest absolute Gasteiger partial charge is 0.338 e. The summed E-state index contributed by atoms with van der Waals surface area (Å²) in [4.78, 5) is 24.9. The van der Waals surface area contributed by atoms with Gasteiger partial charge in [-0.3, -0.25) is 4.79 Å². The zero-order valence-corrected chi connectivity index (χ0v) is 31.3. The summed E-state index contributed by atoms with van der Waals surface area (Å²) >= 11 is 11.1. The molecule has 296 valence electrons. The molecule has 0 aromatic heterocycles. The van der Waals surface area contributed by atoms with Crippen LogP contribution in [0.15, 0.2) is 82.6 Å². The van der Waals surface area contributed by atoms with Gasteiger partial charge in [-0.2, -0.15) is 8.61 Å². The van der Waals surface area contributed by atoms with Gasteiger partial charge >= 0.3 is 5.97 Å². The summed E-state index contributed by atoms with van der Waals surface area (Å²) in [5.41, 5.74) is 7.83. The van der Waals surface area contributed by atoms with Gasteiger partial charge in [-0.15, -0.1) is 0 Å². The number of sulfonamides is 2. The summed E-state index contributed by atoms with van der Waals surface area (Å²) in [6, 6.07) is 17.5. The van der Waals surface area contributed by atoms with Gasteiger partial charge in [0.25, 0.3) is 5.91 Å². The maximum Gasteiger partial charge on any atom is 0.338 e. The van der Waals surface area contributed by atoms with Crippen LogP contribution in [0.25, 0.3) is 0 Å². The van der Waals surface area contributed by atoms with Gasteiger partial charge in [0.1, 0.15) is 11.6 Å². The van der Waals surface area contributed by atoms with Gasteiger partial charge in [-0.25, -0.2) is 30.4 Å². The predicted molar refractivity (Wildman–Crippen MR) is 209 cm³/mol. The van der Waals surface area contributed by atoms with E-state index in [0.29, 0.717) is 33.6 Å². The maximum absolute atomic E-state index is 13.2. The Morgan fingerprint density at radius 3 is 1.69 bits per heavy atom. The maximum atomic E-state index is 13.2. The highest BCUT2D eigenvalue weighted by molar-refractivity contribution is 7.89. The molecule has 3 N–H and O–H groups in total. The van der Waals surface area contributed by atoms with E-state index in [0.717, 1.165) is 31.7 Å². The number of nitrogens with two attached hydrogens (primary N) is 1.